The van der Waals surface area contributed by atoms with Crippen molar-refractivity contribution in [1.82, 2.24) is 9.97 Å². The zero-order valence-electron chi connectivity index (χ0n) is 15.1. The Kier molecular flexibility index (Phi) is 5.84. The lowest BCUT2D eigenvalue weighted by molar-refractivity contribution is 0.0601. The highest BCUT2D eigenvalue weighted by molar-refractivity contribution is 5.89. The van der Waals surface area contributed by atoms with E-state index in [9.17, 15) is 4.79 Å². The molecule has 0 unspecified atom stereocenters. The van der Waals surface area contributed by atoms with Gasteiger partial charge in [-0.2, -0.15) is 4.98 Å². The van der Waals surface area contributed by atoms with Gasteiger partial charge in [-0.05, 0) is 61.5 Å². The van der Waals surface area contributed by atoms with E-state index in [0.29, 0.717) is 23.9 Å². The van der Waals surface area contributed by atoms with Crippen molar-refractivity contribution in [3.63, 3.8) is 0 Å². The highest BCUT2D eigenvalue weighted by Gasteiger charge is 2.05. The van der Waals surface area contributed by atoms with Crippen molar-refractivity contribution in [1.29, 1.82) is 0 Å². The number of anilines is 4. The SMILES string of the molecule is CCOc1ccc(Nc2nccc(Nc3ccc(C(=O)OC)cc3)n2)cc1. The van der Waals surface area contributed by atoms with Crippen LogP contribution in [0.4, 0.5) is 23.1 Å². The van der Waals surface area contributed by atoms with Gasteiger partial charge in [-0.1, -0.05) is 0 Å². The number of ether oxygens (including phenoxy) is 2. The molecule has 138 valence electrons. The number of nitrogens with one attached hydrogen (secondary N) is 2. The summed E-state index contributed by atoms with van der Waals surface area (Å²) in [6.45, 7) is 2.58. The number of carbonyl (C=O) groups excluding carboxylic acids is 1. The zero-order chi connectivity index (χ0) is 19.1. The normalized spacial score (nSPS) is 10.1. The molecule has 0 spiro atoms. The Morgan fingerprint density at radius 3 is 2.30 bits per heavy atom. The first-order chi connectivity index (χ1) is 13.2. The molecule has 0 fully saturated rings. The summed E-state index contributed by atoms with van der Waals surface area (Å²) in [6, 6.07) is 16.3. The first kappa shape index (κ1) is 18.2. The molecule has 7 heteroatoms. The first-order valence-electron chi connectivity index (χ1n) is 8.46. The van der Waals surface area contributed by atoms with E-state index >= 15 is 0 Å². The van der Waals surface area contributed by atoms with Gasteiger partial charge in [-0.15, -0.1) is 0 Å². The fraction of sp³-hybridized carbons (Fsp3) is 0.150. The number of aromatic nitrogens is 2. The monoisotopic (exact) mass is 364 g/mol. The summed E-state index contributed by atoms with van der Waals surface area (Å²) in [5.41, 5.74) is 2.15. The second-order valence-electron chi connectivity index (χ2n) is 5.54. The van der Waals surface area contributed by atoms with Gasteiger partial charge in [-0.3, -0.25) is 0 Å². The lowest BCUT2D eigenvalue weighted by Crippen LogP contribution is -2.02. The minimum Gasteiger partial charge on any atom is -0.494 e. The predicted octanol–water partition coefficient (Wildman–Crippen LogP) is 4.15. The summed E-state index contributed by atoms with van der Waals surface area (Å²) in [7, 11) is 1.36. The lowest BCUT2D eigenvalue weighted by Gasteiger charge is -2.09. The van der Waals surface area contributed by atoms with Gasteiger partial charge < -0.3 is 20.1 Å². The number of methoxy groups -OCH3 is 1. The van der Waals surface area contributed by atoms with Gasteiger partial charge in [-0.25, -0.2) is 9.78 Å². The van der Waals surface area contributed by atoms with E-state index in [0.717, 1.165) is 17.1 Å². The van der Waals surface area contributed by atoms with Crippen LogP contribution in [-0.4, -0.2) is 29.7 Å². The average Bonchev–Trinajstić information content (AvgIpc) is 2.70. The van der Waals surface area contributed by atoms with Gasteiger partial charge in [0.15, 0.2) is 0 Å². The zero-order valence-corrected chi connectivity index (χ0v) is 15.1. The molecule has 27 heavy (non-hydrogen) atoms. The summed E-state index contributed by atoms with van der Waals surface area (Å²) in [4.78, 5) is 20.1. The molecule has 0 radical (unpaired) electrons. The minimum absolute atomic E-state index is 0.370. The van der Waals surface area contributed by atoms with Crippen LogP contribution in [0.5, 0.6) is 5.75 Å². The van der Waals surface area contributed by atoms with Crippen LogP contribution < -0.4 is 15.4 Å². The van der Waals surface area contributed by atoms with Gasteiger partial charge >= 0.3 is 5.97 Å². The van der Waals surface area contributed by atoms with Crippen molar-refractivity contribution < 1.29 is 14.3 Å². The molecule has 0 bridgehead atoms. The topological polar surface area (TPSA) is 85.4 Å². The Labute approximate surface area is 157 Å². The van der Waals surface area contributed by atoms with Crippen LogP contribution in [-0.2, 0) is 4.74 Å². The van der Waals surface area contributed by atoms with Gasteiger partial charge in [0.25, 0.3) is 0 Å². The third-order valence-corrected chi connectivity index (χ3v) is 3.66. The van der Waals surface area contributed by atoms with Crippen LogP contribution in [0.2, 0.25) is 0 Å². The maximum absolute atomic E-state index is 11.5. The Bertz CT molecular complexity index is 896. The number of benzene rings is 2. The van der Waals surface area contributed by atoms with Crippen LogP contribution in [0.1, 0.15) is 17.3 Å². The molecule has 2 N–H and O–H groups in total. The van der Waals surface area contributed by atoms with Crippen molar-refractivity contribution >= 4 is 29.1 Å². The summed E-state index contributed by atoms with van der Waals surface area (Å²) < 4.78 is 10.1. The molecule has 0 atom stereocenters. The Morgan fingerprint density at radius 2 is 1.63 bits per heavy atom. The molecule has 0 saturated carbocycles. The number of hydrogen-bond acceptors (Lipinski definition) is 7. The molecule has 3 rings (SSSR count). The molecule has 3 aromatic rings. The smallest absolute Gasteiger partial charge is 0.337 e. The molecule has 2 aromatic carbocycles. The van der Waals surface area contributed by atoms with Crippen LogP contribution in [0.3, 0.4) is 0 Å². The van der Waals surface area contributed by atoms with Gasteiger partial charge in [0.05, 0.1) is 19.3 Å². The number of rotatable bonds is 7. The van der Waals surface area contributed by atoms with Gasteiger partial charge in [0.1, 0.15) is 11.6 Å². The Morgan fingerprint density at radius 1 is 0.963 bits per heavy atom. The Hall–Kier alpha value is -3.61. The molecular formula is C20H20N4O3. The summed E-state index contributed by atoms with van der Waals surface area (Å²) in [5.74, 6) is 1.54. The third-order valence-electron chi connectivity index (χ3n) is 3.66. The second-order valence-corrected chi connectivity index (χ2v) is 5.54. The van der Waals surface area contributed by atoms with Crippen molar-refractivity contribution in [2.24, 2.45) is 0 Å². The first-order valence-corrected chi connectivity index (χ1v) is 8.46. The number of carbonyl (C=O) groups is 1. The van der Waals surface area contributed by atoms with Crippen molar-refractivity contribution in [3.8, 4) is 5.75 Å². The largest absolute Gasteiger partial charge is 0.494 e. The Balaban J connectivity index is 1.67. The summed E-state index contributed by atoms with van der Waals surface area (Å²) in [5, 5.41) is 6.33. The molecule has 1 aromatic heterocycles. The maximum atomic E-state index is 11.5. The van der Waals surface area contributed by atoms with E-state index in [1.54, 1.807) is 36.5 Å². The van der Waals surface area contributed by atoms with Gasteiger partial charge in [0.2, 0.25) is 5.95 Å². The van der Waals surface area contributed by atoms with Crippen molar-refractivity contribution in [2.45, 2.75) is 6.92 Å². The second kappa shape index (κ2) is 8.66. The molecule has 7 nitrogen and oxygen atoms in total. The maximum Gasteiger partial charge on any atom is 0.337 e. The molecule has 0 aliphatic heterocycles. The molecule has 1 heterocycles. The molecule has 0 saturated heterocycles. The highest BCUT2D eigenvalue weighted by atomic mass is 16.5. The van der Waals surface area contributed by atoms with Crippen LogP contribution in [0, 0.1) is 0 Å². The van der Waals surface area contributed by atoms with E-state index in [2.05, 4.69) is 20.6 Å². The average molecular weight is 364 g/mol. The number of nitrogens with zero attached hydrogens (tertiary/aromatic N) is 2. The van der Waals surface area contributed by atoms with Crippen LogP contribution >= 0.6 is 0 Å². The van der Waals surface area contributed by atoms with E-state index in [1.807, 2.05) is 31.2 Å². The third kappa shape index (κ3) is 4.94. The number of esters is 1. The van der Waals surface area contributed by atoms with E-state index in [1.165, 1.54) is 7.11 Å². The highest BCUT2D eigenvalue weighted by Crippen LogP contribution is 2.20. The fourth-order valence-corrected chi connectivity index (χ4v) is 2.37. The molecule has 0 amide bonds. The number of hydrogen-bond donors (Lipinski definition) is 2. The molecular weight excluding hydrogens is 344 g/mol. The predicted molar refractivity (Wildman–Crippen MR) is 104 cm³/mol. The quantitative estimate of drug-likeness (QED) is 0.609. The summed E-state index contributed by atoms with van der Waals surface area (Å²) in [6.07, 6.45) is 1.66. The summed E-state index contributed by atoms with van der Waals surface area (Å²) >= 11 is 0. The van der Waals surface area contributed by atoms with E-state index < -0.39 is 0 Å². The van der Waals surface area contributed by atoms with Crippen molar-refractivity contribution in [3.05, 3.63) is 66.4 Å². The standard InChI is InChI=1S/C20H20N4O3/c1-3-27-17-10-8-16(9-11-17)23-20-21-13-12-18(24-20)22-15-6-4-14(5-7-15)19(25)26-2/h4-13H,3H2,1-2H3,(H2,21,22,23,24). The molecule has 0 aliphatic rings. The fourth-order valence-electron chi connectivity index (χ4n) is 2.37. The van der Waals surface area contributed by atoms with E-state index in [-0.39, 0.29) is 5.97 Å². The molecule has 0 aliphatic carbocycles. The van der Waals surface area contributed by atoms with Crippen molar-refractivity contribution in [2.75, 3.05) is 24.4 Å². The lowest BCUT2D eigenvalue weighted by atomic mass is 10.2. The van der Waals surface area contributed by atoms with Gasteiger partial charge in [0, 0.05) is 17.6 Å². The minimum atomic E-state index is -0.370. The van der Waals surface area contributed by atoms with Crippen LogP contribution in [0.15, 0.2) is 60.8 Å². The van der Waals surface area contributed by atoms with Crippen LogP contribution in [0.25, 0.3) is 0 Å². The van der Waals surface area contributed by atoms with E-state index in [4.69, 9.17) is 9.47 Å².